The van der Waals surface area contributed by atoms with Gasteiger partial charge in [-0.2, -0.15) is 13.2 Å². The molecule has 0 aliphatic heterocycles. The van der Waals surface area contributed by atoms with Gasteiger partial charge in [0.25, 0.3) is 5.82 Å². The minimum absolute atomic E-state index is 0.0954. The van der Waals surface area contributed by atoms with Gasteiger partial charge in [-0.3, -0.25) is 4.98 Å². The Balaban J connectivity index is 2.15. The van der Waals surface area contributed by atoms with Crippen LogP contribution in [0.1, 0.15) is 5.82 Å². The monoisotopic (exact) mass is 469 g/mol. The van der Waals surface area contributed by atoms with Crippen molar-refractivity contribution in [3.05, 3.63) is 27.7 Å². The molecule has 10 heteroatoms. The smallest absolute Gasteiger partial charge is 0.380 e. The van der Waals surface area contributed by atoms with Crippen LogP contribution in [0.5, 0.6) is 0 Å². The first kappa shape index (κ1) is 19.3. The van der Waals surface area contributed by atoms with E-state index >= 15 is 0 Å². The minimum atomic E-state index is -4.59. The molecule has 0 bridgehead atoms. The third-order valence-corrected chi connectivity index (χ3v) is 4.92. The normalized spacial score (nSPS) is 12.1. The maximum absolute atomic E-state index is 12.9. The van der Waals surface area contributed by atoms with E-state index in [0.29, 0.717) is 12.3 Å². The number of hydrogen-bond donors (Lipinski definition) is 0. The number of aromatic nitrogens is 4. The molecule has 0 aliphatic carbocycles. The first-order valence-electron chi connectivity index (χ1n) is 7.28. The lowest BCUT2D eigenvalue weighted by atomic mass is 10.3. The maximum atomic E-state index is 12.9. The molecule has 131 valence electrons. The summed E-state index contributed by atoms with van der Waals surface area (Å²) in [5, 5.41) is 3.58. The number of ether oxygens (including phenoxy) is 1. The molecule has 24 heavy (non-hydrogen) atoms. The fourth-order valence-electron chi connectivity index (χ4n) is 1.85. The van der Waals surface area contributed by atoms with E-state index in [1.807, 2.05) is 0 Å². The Morgan fingerprint density at radius 2 is 2.00 bits per heavy atom. The zero-order chi connectivity index (χ0) is 17.7. The molecule has 1 radical (unpaired) electrons. The van der Waals surface area contributed by atoms with Gasteiger partial charge >= 0.3 is 6.18 Å². The second-order valence-electron chi connectivity index (χ2n) is 5.41. The Labute approximate surface area is 153 Å². The van der Waals surface area contributed by atoms with Crippen LogP contribution >= 0.6 is 22.6 Å². The predicted molar refractivity (Wildman–Crippen MR) is 94.1 cm³/mol. The molecular formula is C14H17F3IN4OSi. The summed E-state index contributed by atoms with van der Waals surface area (Å²) in [4.78, 5) is 7.76. The van der Waals surface area contributed by atoms with Crippen LogP contribution in [0, 0.1) is 3.57 Å². The van der Waals surface area contributed by atoms with Gasteiger partial charge in [0, 0.05) is 25.2 Å². The van der Waals surface area contributed by atoms with Crippen LogP contribution in [0.2, 0.25) is 19.1 Å². The fraction of sp³-hybridized carbons (Fsp3) is 0.500. The van der Waals surface area contributed by atoms with Gasteiger partial charge in [0.05, 0.1) is 13.2 Å². The zero-order valence-corrected chi connectivity index (χ0v) is 16.4. The van der Waals surface area contributed by atoms with Crippen molar-refractivity contribution in [3.8, 4) is 11.5 Å². The van der Waals surface area contributed by atoms with Crippen molar-refractivity contribution in [2.75, 3.05) is 13.2 Å². The first-order valence-corrected chi connectivity index (χ1v) is 11.1. The van der Waals surface area contributed by atoms with Gasteiger partial charge in [0.1, 0.15) is 5.69 Å². The molecule has 0 aromatic carbocycles. The van der Waals surface area contributed by atoms with Crippen LogP contribution in [0.15, 0.2) is 18.3 Å². The molecule has 0 saturated carbocycles. The maximum Gasteiger partial charge on any atom is 0.453 e. The molecule has 0 amide bonds. The highest BCUT2D eigenvalue weighted by atomic mass is 127. The molecule has 0 unspecified atom stereocenters. The van der Waals surface area contributed by atoms with Crippen molar-refractivity contribution in [1.82, 2.24) is 19.7 Å². The average Bonchev–Trinajstić information content (AvgIpc) is 2.92. The van der Waals surface area contributed by atoms with E-state index in [1.165, 1.54) is 4.68 Å². The number of pyridine rings is 1. The standard InChI is InChI=1S/C14H17F3IN4OSi/c1-24(2)8-7-23-6-5-22-12(11-4-3-10(18)9-19-11)20-13(21-22)14(15,16)17/h3-4,9H,5-8H2,1-2H3. The highest BCUT2D eigenvalue weighted by Crippen LogP contribution is 2.28. The molecule has 0 N–H and O–H groups in total. The van der Waals surface area contributed by atoms with E-state index in [4.69, 9.17) is 4.74 Å². The number of halogens is 4. The third-order valence-electron chi connectivity index (χ3n) is 3.08. The number of nitrogens with zero attached hydrogens (tertiary/aromatic N) is 4. The summed E-state index contributed by atoms with van der Waals surface area (Å²) in [6, 6.07) is 4.39. The van der Waals surface area contributed by atoms with Gasteiger partial charge in [-0.05, 0) is 40.8 Å². The highest BCUT2D eigenvalue weighted by Gasteiger charge is 2.37. The molecule has 2 rings (SSSR count). The van der Waals surface area contributed by atoms with Gasteiger partial charge in [0.2, 0.25) is 0 Å². The van der Waals surface area contributed by atoms with Crippen molar-refractivity contribution >= 4 is 31.4 Å². The van der Waals surface area contributed by atoms with Crippen molar-refractivity contribution in [2.24, 2.45) is 0 Å². The lowest BCUT2D eigenvalue weighted by Gasteiger charge is -2.07. The number of alkyl halides is 3. The van der Waals surface area contributed by atoms with E-state index in [2.05, 4.69) is 50.8 Å². The predicted octanol–water partition coefficient (Wildman–Crippen LogP) is 3.73. The summed E-state index contributed by atoms with van der Waals surface area (Å²) in [6.45, 7) is 5.46. The lowest BCUT2D eigenvalue weighted by Crippen LogP contribution is -2.13. The summed E-state index contributed by atoms with van der Waals surface area (Å²) < 4.78 is 46.3. The Morgan fingerprint density at radius 3 is 2.58 bits per heavy atom. The summed E-state index contributed by atoms with van der Waals surface area (Å²) in [5.74, 6) is -1.07. The molecule has 2 heterocycles. The molecule has 2 aromatic heterocycles. The van der Waals surface area contributed by atoms with Gasteiger partial charge in [0.15, 0.2) is 5.82 Å². The molecule has 0 spiro atoms. The van der Waals surface area contributed by atoms with Gasteiger partial charge in [-0.15, -0.1) is 5.10 Å². The molecule has 0 atom stereocenters. The average molecular weight is 469 g/mol. The fourth-order valence-corrected chi connectivity index (χ4v) is 2.72. The number of rotatable bonds is 7. The van der Waals surface area contributed by atoms with Crippen LogP contribution in [0.4, 0.5) is 13.2 Å². The zero-order valence-electron chi connectivity index (χ0n) is 13.3. The van der Waals surface area contributed by atoms with E-state index in [0.717, 1.165) is 9.61 Å². The third kappa shape index (κ3) is 5.52. The van der Waals surface area contributed by atoms with Crippen molar-refractivity contribution < 1.29 is 17.9 Å². The SMILES string of the molecule is C[Si](C)CCOCCn1nc(C(F)(F)F)nc1-c1ccc(I)cn1. The Morgan fingerprint density at radius 1 is 1.25 bits per heavy atom. The van der Waals surface area contributed by atoms with Gasteiger partial charge in [-0.1, -0.05) is 13.1 Å². The van der Waals surface area contributed by atoms with Crippen LogP contribution in [0.25, 0.3) is 11.5 Å². The summed E-state index contributed by atoms with van der Waals surface area (Å²) in [7, 11) is -0.368. The van der Waals surface area contributed by atoms with Crippen molar-refractivity contribution in [3.63, 3.8) is 0 Å². The molecule has 5 nitrogen and oxygen atoms in total. The van der Waals surface area contributed by atoms with Crippen LogP contribution in [0.3, 0.4) is 0 Å². The van der Waals surface area contributed by atoms with Gasteiger partial charge in [-0.25, -0.2) is 9.67 Å². The summed E-state index contributed by atoms with van der Waals surface area (Å²) in [6.07, 6.45) is -3.02. The minimum Gasteiger partial charge on any atom is -0.380 e. The largest absolute Gasteiger partial charge is 0.453 e. The molecular weight excluding hydrogens is 452 g/mol. The Kier molecular flexibility index (Phi) is 6.75. The summed E-state index contributed by atoms with van der Waals surface area (Å²) >= 11 is 2.08. The van der Waals surface area contributed by atoms with Crippen molar-refractivity contribution in [2.45, 2.75) is 31.9 Å². The number of hydrogen-bond acceptors (Lipinski definition) is 4. The molecule has 0 aliphatic rings. The molecule has 2 aromatic rings. The summed E-state index contributed by atoms with van der Waals surface area (Å²) in [5.41, 5.74) is 0.353. The van der Waals surface area contributed by atoms with E-state index in [9.17, 15) is 13.2 Å². The van der Waals surface area contributed by atoms with Crippen LogP contribution in [-0.4, -0.2) is 41.8 Å². The van der Waals surface area contributed by atoms with E-state index < -0.39 is 12.0 Å². The molecule has 0 saturated heterocycles. The molecule has 0 fully saturated rings. The van der Waals surface area contributed by atoms with Crippen LogP contribution in [-0.2, 0) is 17.5 Å². The topological polar surface area (TPSA) is 52.8 Å². The van der Waals surface area contributed by atoms with E-state index in [-0.39, 0.29) is 27.8 Å². The first-order chi connectivity index (χ1) is 11.3. The lowest BCUT2D eigenvalue weighted by molar-refractivity contribution is -0.145. The van der Waals surface area contributed by atoms with Crippen LogP contribution < -0.4 is 0 Å². The second-order valence-corrected chi connectivity index (χ2v) is 9.57. The van der Waals surface area contributed by atoms with E-state index in [1.54, 1.807) is 18.3 Å². The van der Waals surface area contributed by atoms with Gasteiger partial charge < -0.3 is 4.74 Å². The Bertz CT molecular complexity index is 661. The Hall–Kier alpha value is -1.01. The highest BCUT2D eigenvalue weighted by molar-refractivity contribution is 14.1. The second kappa shape index (κ2) is 8.38. The quantitative estimate of drug-likeness (QED) is 0.353. The van der Waals surface area contributed by atoms with Crippen molar-refractivity contribution in [1.29, 1.82) is 0 Å².